The molecule has 0 aliphatic rings. The van der Waals surface area contributed by atoms with E-state index in [-0.39, 0.29) is 25.2 Å². The summed E-state index contributed by atoms with van der Waals surface area (Å²) in [5, 5.41) is 9.50. The minimum atomic E-state index is -0.766. The monoisotopic (exact) mass is 566 g/mol. The second-order valence-corrected chi connectivity index (χ2v) is 11.6. The lowest BCUT2D eigenvalue weighted by atomic mass is 10.0. The van der Waals surface area contributed by atoms with Crippen molar-refractivity contribution in [2.45, 2.75) is 187 Å². The second kappa shape index (κ2) is 32.2. The quantitative estimate of drug-likeness (QED) is 0.0513. The fraction of sp³-hybridized carbons (Fsp3) is 0.886. The largest absolute Gasteiger partial charge is 0.462 e. The van der Waals surface area contributed by atoms with Crippen molar-refractivity contribution < 1.29 is 24.2 Å². The molecule has 0 aromatic rings. The molecule has 0 aliphatic carbocycles. The zero-order chi connectivity index (χ0) is 29.4. The van der Waals surface area contributed by atoms with Crippen LogP contribution >= 0.6 is 0 Å². The van der Waals surface area contributed by atoms with Gasteiger partial charge in [0.25, 0.3) is 0 Å². The first-order valence-corrected chi connectivity index (χ1v) is 17.2. The van der Waals surface area contributed by atoms with Crippen LogP contribution in [0.5, 0.6) is 0 Å². The van der Waals surface area contributed by atoms with Gasteiger partial charge in [-0.15, -0.1) is 0 Å². The highest BCUT2D eigenvalue weighted by Crippen LogP contribution is 2.14. The number of rotatable bonds is 31. The third-order valence-electron chi connectivity index (χ3n) is 7.56. The van der Waals surface area contributed by atoms with Crippen molar-refractivity contribution in [1.82, 2.24) is 0 Å². The number of hydrogen-bond donors (Lipinski definition) is 1. The molecule has 0 amide bonds. The van der Waals surface area contributed by atoms with Gasteiger partial charge in [0, 0.05) is 12.8 Å². The van der Waals surface area contributed by atoms with Gasteiger partial charge in [0.05, 0.1) is 6.61 Å². The molecule has 0 radical (unpaired) electrons. The molecule has 0 aromatic carbocycles. The van der Waals surface area contributed by atoms with E-state index in [1.54, 1.807) is 0 Å². The van der Waals surface area contributed by atoms with Gasteiger partial charge in [-0.1, -0.05) is 142 Å². The SMILES string of the molecule is CCCCC/C=C\CCCCCCCC(=O)OC[C@H](CO)OC(=O)CCCCCCCCCCCCCCCC. The molecule has 0 fully saturated rings. The van der Waals surface area contributed by atoms with Crippen LogP contribution in [0.1, 0.15) is 181 Å². The highest BCUT2D eigenvalue weighted by Gasteiger charge is 2.16. The zero-order valence-corrected chi connectivity index (χ0v) is 26.6. The standard InChI is InChI=1S/C35H66O5/c1-3-5-7-9-11-13-15-17-18-20-22-24-26-28-30-35(38)40-33(31-36)32-39-34(37)29-27-25-23-21-19-16-14-12-10-8-6-4-2/h12,14,33,36H,3-11,13,15-32H2,1-2H3/b14-12-/t33-/m0/s1. The van der Waals surface area contributed by atoms with Crippen LogP contribution in [0.25, 0.3) is 0 Å². The summed E-state index contributed by atoms with van der Waals surface area (Å²) in [6.07, 6.45) is 34.0. The van der Waals surface area contributed by atoms with E-state index in [4.69, 9.17) is 9.47 Å². The van der Waals surface area contributed by atoms with Crippen molar-refractivity contribution in [2.24, 2.45) is 0 Å². The fourth-order valence-electron chi connectivity index (χ4n) is 4.90. The van der Waals surface area contributed by atoms with Crippen molar-refractivity contribution in [3.8, 4) is 0 Å². The Morgan fingerprint density at radius 1 is 0.550 bits per heavy atom. The van der Waals surface area contributed by atoms with Crippen molar-refractivity contribution >= 4 is 11.9 Å². The van der Waals surface area contributed by atoms with Crippen LogP contribution in [0.2, 0.25) is 0 Å². The van der Waals surface area contributed by atoms with Gasteiger partial charge in [-0.3, -0.25) is 9.59 Å². The van der Waals surface area contributed by atoms with Crippen LogP contribution in [0.4, 0.5) is 0 Å². The van der Waals surface area contributed by atoms with E-state index in [2.05, 4.69) is 26.0 Å². The second-order valence-electron chi connectivity index (χ2n) is 11.6. The van der Waals surface area contributed by atoms with Gasteiger partial charge < -0.3 is 14.6 Å². The lowest BCUT2D eigenvalue weighted by Crippen LogP contribution is -2.28. The Morgan fingerprint density at radius 2 is 0.925 bits per heavy atom. The molecule has 0 saturated carbocycles. The Hall–Kier alpha value is -1.36. The average molecular weight is 567 g/mol. The highest BCUT2D eigenvalue weighted by molar-refractivity contribution is 5.70. The number of carbonyl (C=O) groups excluding carboxylic acids is 2. The first-order valence-electron chi connectivity index (χ1n) is 17.2. The molecule has 1 atom stereocenters. The number of aliphatic hydroxyl groups is 1. The van der Waals surface area contributed by atoms with Crippen LogP contribution in [0.3, 0.4) is 0 Å². The molecule has 0 unspecified atom stereocenters. The maximum Gasteiger partial charge on any atom is 0.306 e. The number of esters is 2. The molecule has 5 heteroatoms. The predicted molar refractivity (Wildman–Crippen MR) is 168 cm³/mol. The number of carbonyl (C=O) groups is 2. The third-order valence-corrected chi connectivity index (χ3v) is 7.56. The number of ether oxygens (including phenoxy) is 2. The van der Waals surface area contributed by atoms with Crippen LogP contribution < -0.4 is 0 Å². The first kappa shape index (κ1) is 38.6. The minimum Gasteiger partial charge on any atom is -0.462 e. The van der Waals surface area contributed by atoms with E-state index in [1.165, 1.54) is 109 Å². The van der Waals surface area contributed by atoms with Crippen LogP contribution in [0.15, 0.2) is 12.2 Å². The topological polar surface area (TPSA) is 72.8 Å². The number of aliphatic hydroxyl groups excluding tert-OH is 1. The maximum atomic E-state index is 12.1. The molecule has 236 valence electrons. The van der Waals surface area contributed by atoms with Gasteiger partial charge in [-0.2, -0.15) is 0 Å². The molecule has 0 bridgehead atoms. The molecule has 0 saturated heterocycles. The van der Waals surface area contributed by atoms with Crippen molar-refractivity contribution in [3.63, 3.8) is 0 Å². The van der Waals surface area contributed by atoms with E-state index >= 15 is 0 Å². The summed E-state index contributed by atoms with van der Waals surface area (Å²) in [6, 6.07) is 0. The molecular weight excluding hydrogens is 500 g/mol. The Balaban J connectivity index is 3.56. The number of allylic oxidation sites excluding steroid dienone is 2. The summed E-state index contributed by atoms with van der Waals surface area (Å²) in [5.41, 5.74) is 0. The summed E-state index contributed by atoms with van der Waals surface area (Å²) < 4.78 is 10.5. The summed E-state index contributed by atoms with van der Waals surface area (Å²) in [4.78, 5) is 24.1. The van der Waals surface area contributed by atoms with Gasteiger partial charge in [0.15, 0.2) is 6.10 Å². The van der Waals surface area contributed by atoms with Crippen LogP contribution in [-0.2, 0) is 19.1 Å². The van der Waals surface area contributed by atoms with E-state index in [0.29, 0.717) is 12.8 Å². The van der Waals surface area contributed by atoms with Crippen LogP contribution in [-0.4, -0.2) is 36.4 Å². The van der Waals surface area contributed by atoms with E-state index in [1.807, 2.05) is 0 Å². The van der Waals surface area contributed by atoms with Gasteiger partial charge in [-0.05, 0) is 38.5 Å². The lowest BCUT2D eigenvalue weighted by Gasteiger charge is -2.15. The van der Waals surface area contributed by atoms with Gasteiger partial charge in [-0.25, -0.2) is 0 Å². The average Bonchev–Trinajstić information content (AvgIpc) is 2.96. The fourth-order valence-corrected chi connectivity index (χ4v) is 4.90. The molecule has 0 aliphatic heterocycles. The van der Waals surface area contributed by atoms with Crippen molar-refractivity contribution in [2.75, 3.05) is 13.2 Å². The molecular formula is C35H66O5. The van der Waals surface area contributed by atoms with Crippen LogP contribution in [0, 0.1) is 0 Å². The molecule has 0 heterocycles. The normalized spacial score (nSPS) is 12.2. The lowest BCUT2D eigenvalue weighted by molar-refractivity contribution is -0.161. The number of unbranched alkanes of at least 4 members (excludes halogenated alkanes) is 21. The predicted octanol–water partition coefficient (Wildman–Crippen LogP) is 10.2. The minimum absolute atomic E-state index is 0.0651. The summed E-state index contributed by atoms with van der Waals surface area (Å²) in [5.74, 6) is -0.596. The Kier molecular flexibility index (Phi) is 31.1. The molecule has 5 nitrogen and oxygen atoms in total. The maximum absolute atomic E-state index is 12.1. The summed E-state index contributed by atoms with van der Waals surface area (Å²) in [7, 11) is 0. The molecule has 0 rings (SSSR count). The van der Waals surface area contributed by atoms with Gasteiger partial charge in [0.2, 0.25) is 0 Å². The molecule has 40 heavy (non-hydrogen) atoms. The van der Waals surface area contributed by atoms with E-state index in [9.17, 15) is 14.7 Å². The summed E-state index contributed by atoms with van der Waals surface area (Å²) in [6.45, 7) is 4.10. The van der Waals surface area contributed by atoms with E-state index < -0.39 is 6.10 Å². The van der Waals surface area contributed by atoms with Crippen molar-refractivity contribution in [3.05, 3.63) is 12.2 Å². The third kappa shape index (κ3) is 29.6. The van der Waals surface area contributed by atoms with Crippen molar-refractivity contribution in [1.29, 1.82) is 0 Å². The highest BCUT2D eigenvalue weighted by atomic mass is 16.6. The Morgan fingerprint density at radius 3 is 1.40 bits per heavy atom. The van der Waals surface area contributed by atoms with E-state index in [0.717, 1.165) is 44.9 Å². The summed E-state index contributed by atoms with van der Waals surface area (Å²) >= 11 is 0. The molecule has 0 spiro atoms. The molecule has 1 N–H and O–H groups in total. The number of hydrogen-bond acceptors (Lipinski definition) is 5. The van der Waals surface area contributed by atoms with Gasteiger partial charge >= 0.3 is 11.9 Å². The first-order chi connectivity index (χ1) is 19.6. The smallest absolute Gasteiger partial charge is 0.306 e. The zero-order valence-electron chi connectivity index (χ0n) is 26.6. The molecule has 0 aromatic heterocycles. The Labute approximate surface area is 248 Å². The van der Waals surface area contributed by atoms with Gasteiger partial charge in [0.1, 0.15) is 6.61 Å². The Bertz CT molecular complexity index is 574.